The van der Waals surface area contributed by atoms with Crippen molar-refractivity contribution in [1.29, 1.82) is 0 Å². The van der Waals surface area contributed by atoms with Gasteiger partial charge in [0.1, 0.15) is 5.82 Å². The zero-order chi connectivity index (χ0) is 18.2. The Balaban J connectivity index is 1.63. The van der Waals surface area contributed by atoms with Crippen LogP contribution in [0.1, 0.15) is 19.3 Å². The summed E-state index contributed by atoms with van der Waals surface area (Å²) >= 11 is 0. The van der Waals surface area contributed by atoms with Crippen LogP contribution in [-0.4, -0.2) is 57.7 Å². The molecule has 25 heavy (non-hydrogen) atoms. The number of carbonyl (C=O) groups excluding carboxylic acids is 1. The maximum Gasteiger partial charge on any atom is 0.225 e. The quantitative estimate of drug-likeness (QED) is 0.860. The first-order valence-corrected chi connectivity index (χ1v) is 10.4. The number of piperazine rings is 1. The standard InChI is InChI=1S/C17H24FN3O3S/c1-25(23,24)14-4-5-16(15(18)11-14)20-6-8-21(9-7-20)17(22)12-2-3-13(19)10-12/h4-5,11-13H,2-3,6-10,19H2,1H3/t12-,13+/m1/s1. The highest BCUT2D eigenvalue weighted by molar-refractivity contribution is 7.90. The molecule has 2 aliphatic rings. The molecule has 1 aliphatic heterocycles. The van der Waals surface area contributed by atoms with E-state index >= 15 is 0 Å². The van der Waals surface area contributed by atoms with E-state index in [0.29, 0.717) is 31.9 Å². The lowest BCUT2D eigenvalue weighted by Gasteiger charge is -2.37. The number of nitrogens with two attached hydrogens (primary N) is 1. The predicted octanol–water partition coefficient (Wildman–Crippen LogP) is 1.01. The molecule has 1 aliphatic carbocycles. The van der Waals surface area contributed by atoms with Crippen molar-refractivity contribution in [2.24, 2.45) is 11.7 Å². The van der Waals surface area contributed by atoms with Crippen LogP contribution in [0.3, 0.4) is 0 Å². The van der Waals surface area contributed by atoms with Crippen LogP contribution in [0.2, 0.25) is 0 Å². The summed E-state index contributed by atoms with van der Waals surface area (Å²) < 4.78 is 37.3. The zero-order valence-electron chi connectivity index (χ0n) is 14.3. The lowest BCUT2D eigenvalue weighted by atomic mass is 10.1. The number of halogens is 1. The molecule has 0 aromatic heterocycles. The first-order chi connectivity index (χ1) is 11.8. The fourth-order valence-electron chi connectivity index (χ4n) is 3.64. The fourth-order valence-corrected chi connectivity index (χ4v) is 4.27. The van der Waals surface area contributed by atoms with Gasteiger partial charge in [-0.05, 0) is 37.5 Å². The van der Waals surface area contributed by atoms with Crippen LogP contribution in [0.4, 0.5) is 10.1 Å². The SMILES string of the molecule is CS(=O)(=O)c1ccc(N2CCN(C(=O)[C@@H]3CC[C@H](N)C3)CC2)c(F)c1. The second kappa shape index (κ2) is 6.92. The summed E-state index contributed by atoms with van der Waals surface area (Å²) in [7, 11) is -3.43. The van der Waals surface area contributed by atoms with E-state index in [9.17, 15) is 17.6 Å². The van der Waals surface area contributed by atoms with Gasteiger partial charge in [-0.1, -0.05) is 0 Å². The molecule has 6 nitrogen and oxygen atoms in total. The van der Waals surface area contributed by atoms with E-state index in [1.807, 2.05) is 9.80 Å². The summed E-state index contributed by atoms with van der Waals surface area (Å²) in [6, 6.07) is 4.10. The lowest BCUT2D eigenvalue weighted by molar-refractivity contribution is -0.135. The Bertz CT molecular complexity index is 760. The third-order valence-electron chi connectivity index (χ3n) is 5.10. The van der Waals surface area contributed by atoms with Gasteiger partial charge in [0.15, 0.2) is 9.84 Å². The molecule has 1 saturated carbocycles. The first kappa shape index (κ1) is 18.1. The molecule has 2 N–H and O–H groups in total. The molecule has 1 saturated heterocycles. The highest BCUT2D eigenvalue weighted by atomic mass is 32.2. The van der Waals surface area contributed by atoms with Gasteiger partial charge in [-0.25, -0.2) is 12.8 Å². The predicted molar refractivity (Wildman–Crippen MR) is 93.6 cm³/mol. The number of hydrogen-bond donors (Lipinski definition) is 1. The number of hydrogen-bond acceptors (Lipinski definition) is 5. The molecule has 2 fully saturated rings. The maximum atomic E-state index is 14.3. The molecule has 0 bridgehead atoms. The average molecular weight is 369 g/mol. The summed E-state index contributed by atoms with van der Waals surface area (Å²) in [6.45, 7) is 2.13. The Hall–Kier alpha value is -1.67. The van der Waals surface area contributed by atoms with Gasteiger partial charge >= 0.3 is 0 Å². The number of sulfone groups is 1. The third kappa shape index (κ3) is 3.95. The second-order valence-corrected chi connectivity index (χ2v) is 8.98. The van der Waals surface area contributed by atoms with E-state index in [1.54, 1.807) is 0 Å². The topological polar surface area (TPSA) is 83.7 Å². The van der Waals surface area contributed by atoms with Crippen molar-refractivity contribution >= 4 is 21.4 Å². The number of benzene rings is 1. The number of amides is 1. The van der Waals surface area contributed by atoms with E-state index in [2.05, 4.69) is 0 Å². The molecule has 1 aromatic carbocycles. The second-order valence-electron chi connectivity index (χ2n) is 6.97. The Labute approximate surface area is 147 Å². The molecule has 138 valence electrons. The molecule has 1 amide bonds. The van der Waals surface area contributed by atoms with Gasteiger partial charge in [0.05, 0.1) is 10.6 Å². The van der Waals surface area contributed by atoms with E-state index in [1.165, 1.54) is 12.1 Å². The van der Waals surface area contributed by atoms with E-state index in [-0.39, 0.29) is 22.8 Å². The van der Waals surface area contributed by atoms with Gasteiger partial charge in [-0.15, -0.1) is 0 Å². The van der Waals surface area contributed by atoms with Crippen LogP contribution in [0.25, 0.3) is 0 Å². The van der Waals surface area contributed by atoms with Crippen LogP contribution in [0.15, 0.2) is 23.1 Å². The van der Waals surface area contributed by atoms with Crippen molar-refractivity contribution < 1.29 is 17.6 Å². The molecule has 3 rings (SSSR count). The molecule has 8 heteroatoms. The van der Waals surface area contributed by atoms with Crippen molar-refractivity contribution in [2.75, 3.05) is 37.3 Å². The van der Waals surface area contributed by atoms with Crippen molar-refractivity contribution in [3.8, 4) is 0 Å². The minimum Gasteiger partial charge on any atom is -0.366 e. The average Bonchev–Trinajstić information content (AvgIpc) is 3.00. The molecular formula is C17H24FN3O3S. The van der Waals surface area contributed by atoms with Crippen LogP contribution in [0.5, 0.6) is 0 Å². The molecule has 2 atom stereocenters. The number of anilines is 1. The third-order valence-corrected chi connectivity index (χ3v) is 6.21. The highest BCUT2D eigenvalue weighted by Gasteiger charge is 2.32. The number of rotatable bonds is 3. The molecule has 0 unspecified atom stereocenters. The number of nitrogens with zero attached hydrogens (tertiary/aromatic N) is 2. The van der Waals surface area contributed by atoms with Crippen LogP contribution in [0, 0.1) is 11.7 Å². The Morgan fingerprint density at radius 3 is 2.40 bits per heavy atom. The molecule has 0 radical (unpaired) electrons. The summed E-state index contributed by atoms with van der Waals surface area (Å²) in [6.07, 6.45) is 3.55. The van der Waals surface area contributed by atoms with Gasteiger partial charge in [0, 0.05) is 44.4 Å². The van der Waals surface area contributed by atoms with Crippen LogP contribution in [-0.2, 0) is 14.6 Å². The maximum absolute atomic E-state index is 14.3. The van der Waals surface area contributed by atoms with Crippen LogP contribution < -0.4 is 10.6 Å². The highest BCUT2D eigenvalue weighted by Crippen LogP contribution is 2.28. The van der Waals surface area contributed by atoms with Gasteiger partial charge in [0.25, 0.3) is 0 Å². The van der Waals surface area contributed by atoms with Crippen molar-refractivity contribution in [1.82, 2.24) is 4.90 Å². The molecule has 0 spiro atoms. The smallest absolute Gasteiger partial charge is 0.225 e. The lowest BCUT2D eigenvalue weighted by Crippen LogP contribution is -2.50. The summed E-state index contributed by atoms with van der Waals surface area (Å²) in [4.78, 5) is 16.2. The molecule has 1 aromatic rings. The van der Waals surface area contributed by atoms with E-state index in [4.69, 9.17) is 5.73 Å². The molecule has 1 heterocycles. The van der Waals surface area contributed by atoms with E-state index in [0.717, 1.165) is 31.6 Å². The van der Waals surface area contributed by atoms with Gasteiger partial charge in [-0.2, -0.15) is 0 Å². The van der Waals surface area contributed by atoms with Crippen molar-refractivity contribution in [2.45, 2.75) is 30.2 Å². The normalized spacial score (nSPS) is 24.6. The minimum absolute atomic E-state index is 0.0207. The summed E-state index contributed by atoms with van der Waals surface area (Å²) in [5.41, 5.74) is 6.26. The van der Waals surface area contributed by atoms with Gasteiger partial charge in [-0.3, -0.25) is 4.79 Å². The van der Waals surface area contributed by atoms with Gasteiger partial charge in [0.2, 0.25) is 5.91 Å². The largest absolute Gasteiger partial charge is 0.366 e. The summed E-state index contributed by atoms with van der Waals surface area (Å²) in [5, 5.41) is 0. The fraction of sp³-hybridized carbons (Fsp3) is 0.588. The monoisotopic (exact) mass is 369 g/mol. The Kier molecular flexibility index (Phi) is 5.02. The number of carbonyl (C=O) groups is 1. The Morgan fingerprint density at radius 2 is 1.88 bits per heavy atom. The first-order valence-electron chi connectivity index (χ1n) is 8.54. The van der Waals surface area contributed by atoms with E-state index < -0.39 is 15.7 Å². The summed E-state index contributed by atoms with van der Waals surface area (Å²) in [5.74, 6) is -0.378. The zero-order valence-corrected chi connectivity index (χ0v) is 15.1. The Morgan fingerprint density at radius 1 is 1.20 bits per heavy atom. The molecular weight excluding hydrogens is 345 g/mol. The minimum atomic E-state index is -3.43. The van der Waals surface area contributed by atoms with Crippen molar-refractivity contribution in [3.63, 3.8) is 0 Å². The van der Waals surface area contributed by atoms with Gasteiger partial charge < -0.3 is 15.5 Å². The van der Waals surface area contributed by atoms with Crippen LogP contribution >= 0.6 is 0 Å². The van der Waals surface area contributed by atoms with Crippen molar-refractivity contribution in [3.05, 3.63) is 24.0 Å².